The lowest BCUT2D eigenvalue weighted by Crippen LogP contribution is -2.29. The maximum absolute atomic E-state index is 10.8. The molecular weight excluding hydrogens is 158 g/mol. The van der Waals surface area contributed by atoms with E-state index in [4.69, 9.17) is 11.5 Å². The molecule has 4 nitrogen and oxygen atoms in total. The van der Waals surface area contributed by atoms with Crippen molar-refractivity contribution >= 4 is 11.9 Å². The van der Waals surface area contributed by atoms with E-state index >= 15 is 0 Å². The highest BCUT2D eigenvalue weighted by Crippen LogP contribution is 1.79. The van der Waals surface area contributed by atoms with Crippen molar-refractivity contribution in [3.63, 3.8) is 0 Å². The van der Waals surface area contributed by atoms with E-state index in [1.54, 1.807) is 6.92 Å². The van der Waals surface area contributed by atoms with Gasteiger partial charge in [-0.05, 0) is 6.92 Å². The fraction of sp³-hybridized carbons (Fsp3) is 0.250. The van der Waals surface area contributed by atoms with Gasteiger partial charge in [0.15, 0.2) is 0 Å². The monoisotopic (exact) mass is 167 g/mol. The summed E-state index contributed by atoms with van der Waals surface area (Å²) in [6, 6.07) is -0.393. The van der Waals surface area contributed by atoms with Crippen LogP contribution in [0.15, 0.2) is 12.2 Å². The Morgan fingerprint density at radius 1 is 1.58 bits per heavy atom. The van der Waals surface area contributed by atoms with E-state index in [-0.39, 0.29) is 0 Å². The number of carboxylic acids is 1. The molecule has 0 aromatic heterocycles. The lowest BCUT2D eigenvalue weighted by molar-refractivity contribution is -0.131. The van der Waals surface area contributed by atoms with Gasteiger partial charge in [-0.3, -0.25) is 4.79 Å². The molecule has 0 spiro atoms. The molecule has 0 radical (unpaired) electrons. The topological polar surface area (TPSA) is 66.4 Å². The lowest BCUT2D eigenvalue weighted by Gasteiger charge is -2.02. The molecule has 1 amide bonds. The fourth-order valence-corrected chi connectivity index (χ4v) is 0.450. The van der Waals surface area contributed by atoms with Crippen LogP contribution >= 0.6 is 0 Å². The summed E-state index contributed by atoms with van der Waals surface area (Å²) in [6.45, 7) is 1.62. The van der Waals surface area contributed by atoms with Gasteiger partial charge in [0, 0.05) is 12.2 Å². The normalized spacial score (nSPS) is 12.0. The van der Waals surface area contributed by atoms with Crippen LogP contribution in [0.2, 0.25) is 0 Å². The van der Waals surface area contributed by atoms with Gasteiger partial charge in [0.2, 0.25) is 5.91 Å². The van der Waals surface area contributed by atoms with Crippen LogP contribution < -0.4 is 5.32 Å². The molecular formula is C8H9NO3. The first-order valence-corrected chi connectivity index (χ1v) is 3.24. The SMILES string of the molecule is C#CC(C)NC(=O)/C=C/C(=O)O. The summed E-state index contributed by atoms with van der Waals surface area (Å²) in [6.07, 6.45) is 6.63. The van der Waals surface area contributed by atoms with Crippen LogP contribution in [0.25, 0.3) is 0 Å². The summed E-state index contributed by atoms with van der Waals surface area (Å²) in [7, 11) is 0. The number of carbonyl (C=O) groups is 2. The third-order valence-electron chi connectivity index (χ3n) is 0.986. The number of amides is 1. The standard InChI is InChI=1S/C8H9NO3/c1-3-6(2)9-7(10)4-5-8(11)12/h1,4-6H,2H3,(H,9,10)(H,11,12)/b5-4+. The van der Waals surface area contributed by atoms with Crippen molar-refractivity contribution in [2.75, 3.05) is 0 Å². The molecule has 2 N–H and O–H groups in total. The van der Waals surface area contributed by atoms with Gasteiger partial charge in [-0.2, -0.15) is 0 Å². The molecule has 1 atom stereocenters. The second kappa shape index (κ2) is 4.97. The number of carbonyl (C=O) groups excluding carboxylic acids is 1. The van der Waals surface area contributed by atoms with Gasteiger partial charge in [0.25, 0.3) is 0 Å². The van der Waals surface area contributed by atoms with E-state index in [0.717, 1.165) is 12.2 Å². The Morgan fingerprint density at radius 3 is 2.58 bits per heavy atom. The zero-order chi connectivity index (χ0) is 9.56. The van der Waals surface area contributed by atoms with Crippen LogP contribution in [0, 0.1) is 12.3 Å². The highest BCUT2D eigenvalue weighted by molar-refractivity contribution is 5.94. The maximum Gasteiger partial charge on any atom is 0.328 e. The van der Waals surface area contributed by atoms with Crippen LogP contribution in [-0.2, 0) is 9.59 Å². The molecule has 0 aromatic carbocycles. The van der Waals surface area contributed by atoms with Crippen LogP contribution in [0.4, 0.5) is 0 Å². The maximum atomic E-state index is 10.8. The Kier molecular flexibility index (Phi) is 4.24. The lowest BCUT2D eigenvalue weighted by atomic mass is 10.3. The van der Waals surface area contributed by atoms with Gasteiger partial charge in [-0.15, -0.1) is 6.42 Å². The Morgan fingerprint density at radius 2 is 2.17 bits per heavy atom. The molecule has 4 heteroatoms. The summed E-state index contributed by atoms with van der Waals surface area (Å²) in [5.74, 6) is 0.591. The fourth-order valence-electron chi connectivity index (χ4n) is 0.450. The van der Waals surface area contributed by atoms with Crippen molar-refractivity contribution in [1.82, 2.24) is 5.32 Å². The minimum atomic E-state index is -1.17. The molecule has 0 aliphatic carbocycles. The van der Waals surface area contributed by atoms with Crippen molar-refractivity contribution in [3.8, 4) is 12.3 Å². The molecule has 0 fully saturated rings. The molecule has 0 saturated heterocycles. The number of nitrogens with one attached hydrogen (secondary N) is 1. The van der Waals surface area contributed by atoms with Crippen molar-refractivity contribution in [1.29, 1.82) is 0 Å². The summed E-state index contributed by atoms with van der Waals surface area (Å²) in [5, 5.41) is 10.5. The number of rotatable bonds is 3. The van der Waals surface area contributed by atoms with Crippen molar-refractivity contribution in [2.45, 2.75) is 13.0 Å². The van der Waals surface area contributed by atoms with Gasteiger partial charge in [0.05, 0.1) is 6.04 Å². The first kappa shape index (κ1) is 10.2. The number of hydrogen-bond donors (Lipinski definition) is 2. The minimum Gasteiger partial charge on any atom is -0.478 e. The van der Waals surface area contributed by atoms with Crippen molar-refractivity contribution in [2.24, 2.45) is 0 Å². The molecule has 12 heavy (non-hydrogen) atoms. The zero-order valence-corrected chi connectivity index (χ0v) is 6.57. The Balaban J connectivity index is 3.92. The molecule has 1 unspecified atom stereocenters. The molecule has 0 aromatic rings. The van der Waals surface area contributed by atoms with Gasteiger partial charge < -0.3 is 10.4 Å². The third kappa shape index (κ3) is 5.06. The number of carboxylic acid groups (broad SMARTS) is 1. The molecule has 0 saturated carbocycles. The van der Waals surface area contributed by atoms with Gasteiger partial charge in [-0.25, -0.2) is 4.79 Å². The smallest absolute Gasteiger partial charge is 0.328 e. The van der Waals surface area contributed by atoms with E-state index in [1.807, 2.05) is 0 Å². The molecule has 64 valence electrons. The number of aliphatic carboxylic acids is 1. The van der Waals surface area contributed by atoms with Gasteiger partial charge >= 0.3 is 5.97 Å². The Labute approximate surface area is 70.3 Å². The Bertz CT molecular complexity index is 250. The highest BCUT2D eigenvalue weighted by Gasteiger charge is 1.99. The largest absolute Gasteiger partial charge is 0.478 e. The van der Waals surface area contributed by atoms with Crippen LogP contribution in [0.1, 0.15) is 6.92 Å². The van der Waals surface area contributed by atoms with Crippen LogP contribution in [-0.4, -0.2) is 23.0 Å². The number of terminal acetylenes is 1. The Hall–Kier alpha value is -1.76. The molecule has 0 aliphatic rings. The number of hydrogen-bond acceptors (Lipinski definition) is 2. The summed E-state index contributed by atoms with van der Waals surface area (Å²) in [4.78, 5) is 20.7. The quantitative estimate of drug-likeness (QED) is 0.450. The third-order valence-corrected chi connectivity index (χ3v) is 0.986. The molecule has 0 heterocycles. The van der Waals surface area contributed by atoms with E-state index < -0.39 is 17.9 Å². The summed E-state index contributed by atoms with van der Waals surface area (Å²) >= 11 is 0. The predicted molar refractivity (Wildman–Crippen MR) is 43.2 cm³/mol. The van der Waals surface area contributed by atoms with Gasteiger partial charge in [-0.1, -0.05) is 5.92 Å². The second-order valence-electron chi connectivity index (χ2n) is 2.07. The molecule has 0 bridgehead atoms. The van der Waals surface area contributed by atoms with Crippen molar-refractivity contribution in [3.05, 3.63) is 12.2 Å². The predicted octanol–water partition coefficient (Wildman–Crippen LogP) is -0.235. The average molecular weight is 167 g/mol. The first-order chi connectivity index (χ1) is 5.56. The van der Waals surface area contributed by atoms with Crippen molar-refractivity contribution < 1.29 is 14.7 Å². The average Bonchev–Trinajstić information content (AvgIpc) is 2.00. The van der Waals surface area contributed by atoms with Crippen LogP contribution in [0.5, 0.6) is 0 Å². The minimum absolute atomic E-state index is 0.393. The zero-order valence-electron chi connectivity index (χ0n) is 6.57. The summed E-state index contributed by atoms with van der Waals surface area (Å²) < 4.78 is 0. The highest BCUT2D eigenvalue weighted by atomic mass is 16.4. The van der Waals surface area contributed by atoms with Gasteiger partial charge in [0.1, 0.15) is 0 Å². The van der Waals surface area contributed by atoms with E-state index in [0.29, 0.717) is 0 Å². The van der Waals surface area contributed by atoms with E-state index in [1.165, 1.54) is 0 Å². The van der Waals surface area contributed by atoms with E-state index in [2.05, 4.69) is 11.2 Å². The molecule has 0 aliphatic heterocycles. The van der Waals surface area contributed by atoms with E-state index in [9.17, 15) is 9.59 Å². The second-order valence-corrected chi connectivity index (χ2v) is 2.07. The summed E-state index contributed by atoms with van der Waals surface area (Å²) in [5.41, 5.74) is 0. The molecule has 0 rings (SSSR count). The first-order valence-electron chi connectivity index (χ1n) is 3.24. The van der Waals surface area contributed by atoms with Crippen LogP contribution in [0.3, 0.4) is 0 Å².